The zero-order valence-corrected chi connectivity index (χ0v) is 26.9. The number of aromatic amines is 1. The van der Waals surface area contributed by atoms with Crippen LogP contribution >= 0.6 is 12.4 Å². The topological polar surface area (TPSA) is 142 Å². The van der Waals surface area contributed by atoms with Crippen molar-refractivity contribution in [2.24, 2.45) is 17.6 Å². The van der Waals surface area contributed by atoms with E-state index in [0.717, 1.165) is 58.8 Å². The van der Waals surface area contributed by atoms with Crippen molar-refractivity contribution in [2.45, 2.75) is 65.0 Å². The summed E-state index contributed by atoms with van der Waals surface area (Å²) in [5, 5.41) is 16.9. The number of rotatable bonds is 10. The first-order chi connectivity index (χ1) is 21.2. The molecule has 3 aromatic carbocycles. The molecule has 1 fully saturated rings. The SMILES string of the molecule is Cc1cc(C(=O)NC(C)C)ccc1-c1ccc(C[C@@H](NC(=O)C2CCC(CN)CC2)C(=O)Nc2ccc3cn[nH]c3c2)cc1.Cl. The van der Waals surface area contributed by atoms with Gasteiger partial charge in [-0.3, -0.25) is 19.5 Å². The van der Waals surface area contributed by atoms with Gasteiger partial charge in [0, 0.05) is 35.0 Å². The fraction of sp³-hybridized carbons (Fsp3) is 0.371. The minimum Gasteiger partial charge on any atom is -0.350 e. The summed E-state index contributed by atoms with van der Waals surface area (Å²) in [5.74, 6) is -0.105. The smallest absolute Gasteiger partial charge is 0.251 e. The lowest BCUT2D eigenvalue weighted by Gasteiger charge is -2.28. The molecule has 1 saturated carbocycles. The van der Waals surface area contributed by atoms with Gasteiger partial charge in [-0.15, -0.1) is 12.4 Å². The van der Waals surface area contributed by atoms with Crippen LogP contribution in [0.4, 0.5) is 5.69 Å². The maximum absolute atomic E-state index is 13.6. The van der Waals surface area contributed by atoms with E-state index < -0.39 is 6.04 Å². The van der Waals surface area contributed by atoms with Gasteiger partial charge in [-0.1, -0.05) is 30.3 Å². The number of nitrogens with two attached hydrogens (primary N) is 1. The quantitative estimate of drug-likeness (QED) is 0.157. The van der Waals surface area contributed by atoms with E-state index in [4.69, 9.17) is 5.73 Å². The molecule has 1 aromatic heterocycles. The summed E-state index contributed by atoms with van der Waals surface area (Å²) in [4.78, 5) is 39.4. The van der Waals surface area contributed by atoms with Gasteiger partial charge in [-0.2, -0.15) is 5.10 Å². The normalized spacial score (nSPS) is 16.9. The highest BCUT2D eigenvalue weighted by Gasteiger charge is 2.29. The minimum absolute atomic E-state index is 0. The second-order valence-electron chi connectivity index (χ2n) is 12.2. The zero-order valence-electron chi connectivity index (χ0n) is 26.1. The first kappa shape index (κ1) is 33.7. The van der Waals surface area contributed by atoms with Crippen molar-refractivity contribution in [3.63, 3.8) is 0 Å². The van der Waals surface area contributed by atoms with Gasteiger partial charge in [0.25, 0.3) is 5.91 Å². The molecule has 0 spiro atoms. The van der Waals surface area contributed by atoms with E-state index in [1.165, 1.54) is 0 Å². The van der Waals surface area contributed by atoms with Crippen LogP contribution in [0.25, 0.3) is 22.0 Å². The molecule has 238 valence electrons. The third kappa shape index (κ3) is 8.49. The predicted molar refractivity (Wildman–Crippen MR) is 181 cm³/mol. The van der Waals surface area contributed by atoms with Gasteiger partial charge < -0.3 is 21.7 Å². The van der Waals surface area contributed by atoms with E-state index in [0.29, 0.717) is 30.1 Å². The zero-order chi connectivity index (χ0) is 31.2. The number of nitrogens with zero attached hydrogens (tertiary/aromatic N) is 1. The van der Waals surface area contributed by atoms with E-state index in [-0.39, 0.29) is 42.1 Å². The first-order valence-corrected chi connectivity index (χ1v) is 15.5. The van der Waals surface area contributed by atoms with E-state index in [1.54, 1.807) is 6.20 Å². The van der Waals surface area contributed by atoms with Crippen LogP contribution in [0.2, 0.25) is 0 Å². The molecule has 1 aliphatic carbocycles. The van der Waals surface area contributed by atoms with Crippen molar-refractivity contribution in [3.05, 3.63) is 83.6 Å². The highest BCUT2D eigenvalue weighted by molar-refractivity contribution is 5.99. The van der Waals surface area contributed by atoms with Crippen LogP contribution in [0.15, 0.2) is 66.9 Å². The van der Waals surface area contributed by atoms with Crippen LogP contribution in [0, 0.1) is 18.8 Å². The number of carbonyl (C=O) groups excluding carboxylic acids is 3. The van der Waals surface area contributed by atoms with Crippen molar-refractivity contribution in [2.75, 3.05) is 11.9 Å². The molecule has 0 aliphatic heterocycles. The number of anilines is 1. The minimum atomic E-state index is -0.751. The Morgan fingerprint density at radius 3 is 2.36 bits per heavy atom. The molecule has 0 unspecified atom stereocenters. The second kappa shape index (κ2) is 15.2. The number of nitrogens with one attached hydrogen (secondary N) is 4. The average Bonchev–Trinajstić information content (AvgIpc) is 3.49. The highest BCUT2D eigenvalue weighted by atomic mass is 35.5. The van der Waals surface area contributed by atoms with E-state index in [1.807, 2.05) is 81.4 Å². The van der Waals surface area contributed by atoms with Crippen LogP contribution in [-0.4, -0.2) is 46.5 Å². The number of aromatic nitrogens is 2. The molecule has 0 bridgehead atoms. The second-order valence-corrected chi connectivity index (χ2v) is 12.2. The largest absolute Gasteiger partial charge is 0.350 e. The summed E-state index contributed by atoms with van der Waals surface area (Å²) >= 11 is 0. The number of H-pyrrole nitrogens is 1. The van der Waals surface area contributed by atoms with Crippen LogP contribution in [0.3, 0.4) is 0 Å². The van der Waals surface area contributed by atoms with Crippen molar-refractivity contribution in [1.29, 1.82) is 0 Å². The van der Waals surface area contributed by atoms with Gasteiger partial charge in [-0.25, -0.2) is 0 Å². The standard InChI is InChI=1S/C35H42N6O3.ClH/c1-21(2)38-34(43)27-13-15-30(22(3)16-27)25-8-4-23(5-9-25)17-32(40-33(42)26-10-6-24(19-36)7-11-26)35(44)39-29-14-12-28-20-37-41-31(28)18-29;/h4-5,8-9,12-16,18,20-21,24,26,32H,6-7,10-11,17,19,36H2,1-3H3,(H,37,41)(H,38,43)(H,39,44)(H,40,42);1H/t24?,26?,32-;/m1./s1. The predicted octanol–water partition coefficient (Wildman–Crippen LogP) is 5.53. The molecular formula is C35H43ClN6O3. The van der Waals surface area contributed by atoms with E-state index in [2.05, 4.69) is 26.1 Å². The molecule has 4 aromatic rings. The Morgan fingerprint density at radius 1 is 0.956 bits per heavy atom. The van der Waals surface area contributed by atoms with Gasteiger partial charge in [0.15, 0.2) is 0 Å². The van der Waals surface area contributed by atoms with Crippen molar-refractivity contribution in [1.82, 2.24) is 20.8 Å². The Balaban J connectivity index is 0.00000461. The molecule has 9 nitrogen and oxygen atoms in total. The Morgan fingerprint density at radius 2 is 1.69 bits per heavy atom. The van der Waals surface area contributed by atoms with Crippen LogP contribution < -0.4 is 21.7 Å². The van der Waals surface area contributed by atoms with Crippen molar-refractivity contribution in [3.8, 4) is 11.1 Å². The molecule has 45 heavy (non-hydrogen) atoms. The molecule has 5 rings (SSSR count). The number of hydrogen-bond donors (Lipinski definition) is 5. The van der Waals surface area contributed by atoms with Gasteiger partial charge in [0.05, 0.1) is 11.7 Å². The fourth-order valence-corrected chi connectivity index (χ4v) is 5.93. The van der Waals surface area contributed by atoms with Gasteiger partial charge in [0.1, 0.15) is 6.04 Å². The summed E-state index contributed by atoms with van der Waals surface area (Å²) in [6, 6.07) is 18.6. The molecule has 6 N–H and O–H groups in total. The Hall–Kier alpha value is -4.21. The number of hydrogen-bond acceptors (Lipinski definition) is 5. The van der Waals surface area contributed by atoms with Crippen LogP contribution in [0.1, 0.15) is 61.0 Å². The molecule has 0 saturated heterocycles. The van der Waals surface area contributed by atoms with Crippen LogP contribution in [0.5, 0.6) is 0 Å². The third-order valence-electron chi connectivity index (χ3n) is 8.51. The molecule has 1 heterocycles. The number of aryl methyl sites for hydroxylation is 1. The lowest BCUT2D eigenvalue weighted by atomic mass is 9.81. The molecule has 0 radical (unpaired) electrons. The summed E-state index contributed by atoms with van der Waals surface area (Å²) in [6.45, 7) is 6.52. The summed E-state index contributed by atoms with van der Waals surface area (Å²) in [5.41, 5.74) is 11.9. The Kier molecular flexibility index (Phi) is 11.4. The van der Waals surface area contributed by atoms with Gasteiger partial charge in [-0.05, 0) is 112 Å². The maximum Gasteiger partial charge on any atom is 0.251 e. The Bertz CT molecular complexity index is 1630. The third-order valence-corrected chi connectivity index (χ3v) is 8.51. The summed E-state index contributed by atoms with van der Waals surface area (Å²) in [7, 11) is 0. The van der Waals surface area contributed by atoms with Crippen molar-refractivity contribution >= 4 is 46.7 Å². The lowest BCUT2D eigenvalue weighted by Crippen LogP contribution is -2.48. The molecule has 1 atom stereocenters. The monoisotopic (exact) mass is 630 g/mol. The maximum atomic E-state index is 13.6. The van der Waals surface area contributed by atoms with Crippen molar-refractivity contribution < 1.29 is 14.4 Å². The van der Waals surface area contributed by atoms with Gasteiger partial charge >= 0.3 is 0 Å². The van der Waals surface area contributed by atoms with E-state index >= 15 is 0 Å². The Labute approximate surface area is 270 Å². The molecule has 10 heteroatoms. The number of amides is 3. The highest BCUT2D eigenvalue weighted by Crippen LogP contribution is 2.29. The number of halogens is 1. The average molecular weight is 631 g/mol. The number of carbonyl (C=O) groups is 3. The lowest BCUT2D eigenvalue weighted by molar-refractivity contribution is -0.130. The van der Waals surface area contributed by atoms with E-state index in [9.17, 15) is 14.4 Å². The first-order valence-electron chi connectivity index (χ1n) is 15.5. The van der Waals surface area contributed by atoms with Gasteiger partial charge in [0.2, 0.25) is 11.8 Å². The van der Waals surface area contributed by atoms with Crippen LogP contribution in [-0.2, 0) is 16.0 Å². The number of fused-ring (bicyclic) bond motifs is 1. The summed E-state index contributed by atoms with van der Waals surface area (Å²) in [6.07, 6.45) is 5.50. The molecular weight excluding hydrogens is 588 g/mol. The fourth-order valence-electron chi connectivity index (χ4n) is 5.93. The number of benzene rings is 3. The summed E-state index contributed by atoms with van der Waals surface area (Å²) < 4.78 is 0. The molecule has 1 aliphatic rings. The molecule has 3 amide bonds.